The summed E-state index contributed by atoms with van der Waals surface area (Å²) in [5.74, 6) is 0.939. The van der Waals surface area contributed by atoms with Crippen LogP contribution in [0.2, 0.25) is 0 Å². The number of para-hydroxylation sites is 1. The summed E-state index contributed by atoms with van der Waals surface area (Å²) < 4.78 is 6.36. The van der Waals surface area contributed by atoms with Gasteiger partial charge in [0, 0.05) is 28.0 Å². The van der Waals surface area contributed by atoms with Crippen molar-refractivity contribution in [1.29, 1.82) is 0 Å². The summed E-state index contributed by atoms with van der Waals surface area (Å²) >= 11 is 0. The number of hydrogen-bond acceptors (Lipinski definition) is 2. The van der Waals surface area contributed by atoms with Crippen LogP contribution in [0.4, 0.5) is 17.1 Å². The normalized spacial score (nSPS) is 14.6. The third-order valence-electron chi connectivity index (χ3n) is 13.4. The van der Waals surface area contributed by atoms with Gasteiger partial charge in [-0.2, -0.15) is 0 Å². The predicted octanol–water partition coefficient (Wildman–Crippen LogP) is 14.5. The van der Waals surface area contributed by atoms with Crippen molar-refractivity contribution < 1.29 is 4.74 Å². The molecule has 1 heterocycles. The molecule has 0 spiro atoms. The second-order valence-corrected chi connectivity index (χ2v) is 16.8. The lowest BCUT2D eigenvalue weighted by Crippen LogP contribution is -2.29. The molecule has 2 aliphatic carbocycles. The van der Waals surface area contributed by atoms with Gasteiger partial charge in [-0.3, -0.25) is 0 Å². The molecule has 0 aromatic heterocycles. The Morgan fingerprint density at radius 3 is 1.71 bits per heavy atom. The topological polar surface area (TPSA) is 12.5 Å². The molecular formula is C57H41NO. The first-order valence-corrected chi connectivity index (χ1v) is 20.7. The van der Waals surface area contributed by atoms with Crippen molar-refractivity contribution in [2.75, 3.05) is 4.90 Å². The van der Waals surface area contributed by atoms with E-state index in [0.717, 1.165) is 28.4 Å². The zero-order valence-corrected chi connectivity index (χ0v) is 33.1. The number of benzene rings is 9. The zero-order chi connectivity index (χ0) is 39.3. The first-order valence-electron chi connectivity index (χ1n) is 20.7. The highest BCUT2D eigenvalue weighted by Crippen LogP contribution is 2.59. The molecule has 0 fully saturated rings. The van der Waals surface area contributed by atoms with Crippen LogP contribution in [0.3, 0.4) is 0 Å². The molecule has 0 unspecified atom stereocenters. The van der Waals surface area contributed by atoms with Gasteiger partial charge in [0.05, 0.1) is 5.41 Å². The predicted molar refractivity (Wildman–Crippen MR) is 243 cm³/mol. The summed E-state index contributed by atoms with van der Waals surface area (Å²) in [6, 6.07) is 74.4. The summed E-state index contributed by atoms with van der Waals surface area (Å²) in [6.45, 7) is 5.26. The van der Waals surface area contributed by atoms with Gasteiger partial charge in [-0.1, -0.05) is 172 Å². The molecule has 0 bridgehead atoms. The first kappa shape index (κ1) is 33.9. The number of nitrogens with zero attached hydrogens (tertiary/aromatic N) is 1. The molecule has 59 heavy (non-hydrogen) atoms. The van der Waals surface area contributed by atoms with Gasteiger partial charge < -0.3 is 9.64 Å². The van der Waals surface area contributed by atoms with E-state index in [0.29, 0.717) is 6.61 Å². The van der Waals surface area contributed by atoms with Crippen LogP contribution in [0, 0.1) is 0 Å². The monoisotopic (exact) mass is 755 g/mol. The number of anilines is 3. The minimum atomic E-state index is -0.565. The van der Waals surface area contributed by atoms with Gasteiger partial charge in [-0.05, 0) is 120 Å². The van der Waals surface area contributed by atoms with Crippen LogP contribution in [0.15, 0.2) is 200 Å². The Labute approximate surface area is 345 Å². The Morgan fingerprint density at radius 2 is 0.966 bits per heavy atom. The molecular weight excluding hydrogens is 715 g/mol. The molecule has 0 saturated carbocycles. The molecule has 0 saturated heterocycles. The SMILES string of the molecule is CC1(C)c2ccccc2-c2ccc(N(c3ccc4c(c3)COc3ccccc3-4)c3ccc4c(c3)C(c3ccccc3)(c3ccccc3)c3c-4ccc4ccccc34)cc21. The lowest BCUT2D eigenvalue weighted by molar-refractivity contribution is 0.302. The van der Waals surface area contributed by atoms with E-state index in [2.05, 4.69) is 213 Å². The maximum Gasteiger partial charge on any atom is 0.127 e. The lowest BCUT2D eigenvalue weighted by Gasteiger charge is -2.35. The first-order chi connectivity index (χ1) is 29.0. The van der Waals surface area contributed by atoms with E-state index in [1.54, 1.807) is 0 Å². The Kier molecular flexibility index (Phi) is 7.29. The van der Waals surface area contributed by atoms with E-state index >= 15 is 0 Å². The fraction of sp³-hybridized carbons (Fsp3) is 0.0877. The molecule has 9 aromatic rings. The highest BCUT2D eigenvalue weighted by atomic mass is 16.5. The highest BCUT2D eigenvalue weighted by Gasteiger charge is 2.47. The van der Waals surface area contributed by atoms with Gasteiger partial charge in [0.2, 0.25) is 0 Å². The Morgan fingerprint density at radius 1 is 0.424 bits per heavy atom. The third-order valence-corrected chi connectivity index (χ3v) is 13.4. The van der Waals surface area contributed by atoms with Crippen molar-refractivity contribution >= 4 is 27.8 Å². The lowest BCUT2D eigenvalue weighted by atomic mass is 9.66. The second-order valence-electron chi connectivity index (χ2n) is 16.8. The van der Waals surface area contributed by atoms with Crippen LogP contribution >= 0.6 is 0 Å². The number of ether oxygens (including phenoxy) is 1. The standard InChI is InChI=1S/C57H41NO/c1-56(2)51-23-13-11-21-46(51)47-31-27-42(34-52(47)56)58(41-26-30-44-38(33-41)36-59-54-24-14-12-22-49(44)54)43-28-32-48-50-29-25-37-15-9-10-20-45(37)55(50)57(53(48)35-43,39-16-5-3-6-17-39)40-18-7-4-8-19-40/h3-35H,36H2,1-2H3. The number of fused-ring (bicyclic) bond motifs is 11. The van der Waals surface area contributed by atoms with Gasteiger partial charge in [-0.15, -0.1) is 0 Å². The molecule has 0 amide bonds. The zero-order valence-electron chi connectivity index (χ0n) is 33.1. The average Bonchev–Trinajstić information content (AvgIpc) is 3.72. The third kappa shape index (κ3) is 4.81. The van der Waals surface area contributed by atoms with Crippen LogP contribution in [-0.4, -0.2) is 0 Å². The molecule has 1 aliphatic heterocycles. The number of rotatable bonds is 5. The minimum Gasteiger partial charge on any atom is -0.488 e. The average molecular weight is 756 g/mol. The van der Waals surface area contributed by atoms with E-state index in [4.69, 9.17) is 4.74 Å². The summed E-state index contributed by atoms with van der Waals surface area (Å²) in [5.41, 5.74) is 19.2. The van der Waals surface area contributed by atoms with E-state index in [1.807, 2.05) is 6.07 Å². The van der Waals surface area contributed by atoms with Crippen LogP contribution in [0.25, 0.3) is 44.2 Å². The molecule has 0 N–H and O–H groups in total. The van der Waals surface area contributed by atoms with Crippen molar-refractivity contribution in [3.8, 4) is 39.1 Å². The van der Waals surface area contributed by atoms with E-state index < -0.39 is 5.41 Å². The molecule has 9 aromatic carbocycles. The van der Waals surface area contributed by atoms with Crippen molar-refractivity contribution in [3.63, 3.8) is 0 Å². The minimum absolute atomic E-state index is 0.141. The van der Waals surface area contributed by atoms with Crippen molar-refractivity contribution in [3.05, 3.63) is 239 Å². The maximum absolute atomic E-state index is 6.36. The molecule has 2 heteroatoms. The maximum atomic E-state index is 6.36. The van der Waals surface area contributed by atoms with E-state index in [1.165, 1.54) is 77.5 Å². The van der Waals surface area contributed by atoms with Gasteiger partial charge in [-0.25, -0.2) is 0 Å². The fourth-order valence-corrected chi connectivity index (χ4v) is 10.7. The fourth-order valence-electron chi connectivity index (χ4n) is 10.7. The Bertz CT molecular complexity index is 3100. The summed E-state index contributed by atoms with van der Waals surface area (Å²) in [7, 11) is 0. The molecule has 12 rings (SSSR count). The van der Waals surface area contributed by atoms with Crippen LogP contribution in [0.5, 0.6) is 5.75 Å². The Hall–Kier alpha value is -7.16. The second kappa shape index (κ2) is 12.7. The summed E-state index contributed by atoms with van der Waals surface area (Å²) in [6.07, 6.45) is 0. The van der Waals surface area contributed by atoms with Crippen molar-refractivity contribution in [2.24, 2.45) is 0 Å². The smallest absolute Gasteiger partial charge is 0.127 e. The molecule has 280 valence electrons. The van der Waals surface area contributed by atoms with Gasteiger partial charge in [0.15, 0.2) is 0 Å². The highest BCUT2D eigenvalue weighted by molar-refractivity contribution is 6.01. The van der Waals surface area contributed by atoms with Crippen LogP contribution in [-0.2, 0) is 17.4 Å². The largest absolute Gasteiger partial charge is 0.488 e. The Balaban J connectivity index is 1.13. The van der Waals surface area contributed by atoms with Crippen molar-refractivity contribution in [1.82, 2.24) is 0 Å². The van der Waals surface area contributed by atoms with Gasteiger partial charge >= 0.3 is 0 Å². The van der Waals surface area contributed by atoms with E-state index in [-0.39, 0.29) is 5.41 Å². The van der Waals surface area contributed by atoms with Crippen LogP contribution < -0.4 is 9.64 Å². The molecule has 0 radical (unpaired) electrons. The number of hydrogen-bond donors (Lipinski definition) is 0. The van der Waals surface area contributed by atoms with Gasteiger partial charge in [0.25, 0.3) is 0 Å². The quantitative estimate of drug-likeness (QED) is 0.173. The van der Waals surface area contributed by atoms with Gasteiger partial charge in [0.1, 0.15) is 12.4 Å². The van der Waals surface area contributed by atoms with Crippen LogP contribution in [0.1, 0.15) is 52.8 Å². The van der Waals surface area contributed by atoms with E-state index in [9.17, 15) is 0 Å². The molecule has 3 aliphatic rings. The summed E-state index contributed by atoms with van der Waals surface area (Å²) in [5, 5.41) is 2.53. The summed E-state index contributed by atoms with van der Waals surface area (Å²) in [4.78, 5) is 2.47. The van der Waals surface area contributed by atoms with Crippen molar-refractivity contribution in [2.45, 2.75) is 31.3 Å². The molecule has 2 nitrogen and oxygen atoms in total. The molecule has 0 atom stereocenters.